The average molecular weight is 263 g/mol. The van der Waals surface area contributed by atoms with Gasteiger partial charge >= 0.3 is 0 Å². The maximum atomic E-state index is 11.9. The molecule has 18 heavy (non-hydrogen) atoms. The second kappa shape index (κ2) is 5.06. The van der Waals surface area contributed by atoms with Gasteiger partial charge in [0.15, 0.2) is 0 Å². The maximum absolute atomic E-state index is 11.9. The smallest absolute Gasteiger partial charge is 0.298 e. The number of rotatable bonds is 3. The van der Waals surface area contributed by atoms with E-state index in [1.54, 1.807) is 54.2 Å². The van der Waals surface area contributed by atoms with Gasteiger partial charge in [0.2, 0.25) is 0 Å². The summed E-state index contributed by atoms with van der Waals surface area (Å²) in [7, 11) is 1.71. The second-order valence-electron chi connectivity index (χ2n) is 3.80. The number of Topliss-reactive ketones (excluding diaryl/α,β-unsaturated/α-hetero) is 1. The van der Waals surface area contributed by atoms with E-state index in [2.05, 4.69) is 5.32 Å². The lowest BCUT2D eigenvalue weighted by atomic mass is 10.2. The molecule has 1 heterocycles. The first-order valence-corrected chi connectivity index (χ1v) is 5.68. The molecule has 0 aliphatic rings. The van der Waals surface area contributed by atoms with E-state index >= 15 is 0 Å². The standard InChI is InChI=1S/C13H11ClN2O2/c1-16-7-3-6-11(16)12(17)13(18)15-10-5-2-4-9(14)8-10/h2-8H,1H3,(H,15,18). The molecule has 2 aromatic rings. The lowest BCUT2D eigenvalue weighted by Crippen LogP contribution is -2.24. The predicted molar refractivity (Wildman–Crippen MR) is 69.8 cm³/mol. The van der Waals surface area contributed by atoms with Crippen LogP contribution in [-0.4, -0.2) is 16.3 Å². The van der Waals surface area contributed by atoms with E-state index in [-0.39, 0.29) is 0 Å². The third-order valence-corrected chi connectivity index (χ3v) is 2.70. The fourth-order valence-corrected chi connectivity index (χ4v) is 1.76. The van der Waals surface area contributed by atoms with Crippen LogP contribution in [0.25, 0.3) is 0 Å². The predicted octanol–water partition coefficient (Wildman–Crippen LogP) is 2.50. The third kappa shape index (κ3) is 2.60. The molecule has 0 aliphatic carbocycles. The van der Waals surface area contributed by atoms with Crippen LogP contribution in [0.1, 0.15) is 10.5 Å². The summed E-state index contributed by atoms with van der Waals surface area (Å²) in [6, 6.07) is 9.95. The summed E-state index contributed by atoms with van der Waals surface area (Å²) in [6.07, 6.45) is 1.71. The molecule has 92 valence electrons. The molecule has 1 aromatic carbocycles. The number of halogens is 1. The summed E-state index contributed by atoms with van der Waals surface area (Å²) in [4.78, 5) is 23.6. The number of ketones is 1. The molecule has 0 atom stereocenters. The van der Waals surface area contributed by atoms with Crippen molar-refractivity contribution in [3.63, 3.8) is 0 Å². The van der Waals surface area contributed by atoms with Crippen LogP contribution in [0.2, 0.25) is 5.02 Å². The number of benzene rings is 1. The number of hydrogen-bond acceptors (Lipinski definition) is 2. The van der Waals surface area contributed by atoms with Gasteiger partial charge in [-0.15, -0.1) is 0 Å². The number of carbonyl (C=O) groups excluding carboxylic acids is 2. The lowest BCUT2D eigenvalue weighted by Gasteiger charge is -2.05. The number of amides is 1. The van der Waals surface area contributed by atoms with Crippen LogP contribution in [-0.2, 0) is 11.8 Å². The Bertz CT molecular complexity index is 605. The largest absolute Gasteiger partial charge is 0.348 e. The highest BCUT2D eigenvalue weighted by molar-refractivity contribution is 6.46. The van der Waals surface area contributed by atoms with Crippen molar-refractivity contribution in [3.05, 3.63) is 53.3 Å². The van der Waals surface area contributed by atoms with Crippen LogP contribution in [0.15, 0.2) is 42.6 Å². The van der Waals surface area contributed by atoms with E-state index in [9.17, 15) is 9.59 Å². The van der Waals surface area contributed by atoms with Crippen LogP contribution < -0.4 is 5.32 Å². The van der Waals surface area contributed by atoms with Crippen molar-refractivity contribution < 1.29 is 9.59 Å². The van der Waals surface area contributed by atoms with Gasteiger partial charge in [-0.1, -0.05) is 17.7 Å². The summed E-state index contributed by atoms with van der Waals surface area (Å²) >= 11 is 5.79. The van der Waals surface area contributed by atoms with Crippen molar-refractivity contribution in [1.82, 2.24) is 4.57 Å². The Labute approximate surface area is 109 Å². The minimum atomic E-state index is -0.681. The molecule has 0 saturated heterocycles. The first-order chi connectivity index (χ1) is 8.58. The normalized spacial score (nSPS) is 10.1. The number of nitrogens with zero attached hydrogens (tertiary/aromatic N) is 1. The van der Waals surface area contributed by atoms with Gasteiger partial charge in [0.05, 0.1) is 5.69 Å². The molecule has 0 radical (unpaired) electrons. The Balaban J connectivity index is 2.14. The summed E-state index contributed by atoms with van der Waals surface area (Å²) < 4.78 is 1.60. The van der Waals surface area contributed by atoms with Gasteiger partial charge in [0.1, 0.15) is 0 Å². The van der Waals surface area contributed by atoms with Crippen LogP contribution in [0.4, 0.5) is 5.69 Å². The van der Waals surface area contributed by atoms with E-state index < -0.39 is 11.7 Å². The minimum Gasteiger partial charge on any atom is -0.348 e. The topological polar surface area (TPSA) is 51.1 Å². The third-order valence-electron chi connectivity index (χ3n) is 2.47. The van der Waals surface area contributed by atoms with E-state index in [0.717, 1.165) is 0 Å². The van der Waals surface area contributed by atoms with Crippen molar-refractivity contribution >= 4 is 29.0 Å². The fourth-order valence-electron chi connectivity index (χ4n) is 1.57. The molecule has 1 aromatic heterocycles. The van der Waals surface area contributed by atoms with Crippen LogP contribution in [0.5, 0.6) is 0 Å². The van der Waals surface area contributed by atoms with Gasteiger partial charge in [-0.2, -0.15) is 0 Å². The Morgan fingerprint density at radius 2 is 2.00 bits per heavy atom. The molecule has 1 N–H and O–H groups in total. The fraction of sp³-hybridized carbons (Fsp3) is 0.0769. The Morgan fingerprint density at radius 1 is 1.22 bits per heavy atom. The molecular formula is C13H11ClN2O2. The highest BCUT2D eigenvalue weighted by Crippen LogP contribution is 2.15. The highest BCUT2D eigenvalue weighted by Gasteiger charge is 2.18. The van der Waals surface area contributed by atoms with Gasteiger partial charge < -0.3 is 9.88 Å². The number of nitrogens with one attached hydrogen (secondary N) is 1. The zero-order chi connectivity index (χ0) is 13.1. The molecule has 0 bridgehead atoms. The number of anilines is 1. The van der Waals surface area contributed by atoms with Crippen molar-refractivity contribution in [2.45, 2.75) is 0 Å². The molecule has 0 unspecified atom stereocenters. The second-order valence-corrected chi connectivity index (χ2v) is 4.23. The number of carbonyl (C=O) groups is 2. The molecule has 0 spiro atoms. The Kier molecular flexibility index (Phi) is 3.48. The van der Waals surface area contributed by atoms with Crippen LogP contribution in [0.3, 0.4) is 0 Å². The van der Waals surface area contributed by atoms with Gasteiger partial charge in [-0.05, 0) is 30.3 Å². The first-order valence-electron chi connectivity index (χ1n) is 5.30. The van der Waals surface area contributed by atoms with Crippen LogP contribution in [0, 0.1) is 0 Å². The lowest BCUT2D eigenvalue weighted by molar-refractivity contribution is -0.112. The quantitative estimate of drug-likeness (QED) is 0.683. The molecule has 2 rings (SSSR count). The minimum absolute atomic E-state index is 0.342. The number of aryl methyl sites for hydroxylation is 1. The van der Waals surface area contributed by atoms with E-state index in [0.29, 0.717) is 16.4 Å². The average Bonchev–Trinajstić information content (AvgIpc) is 2.74. The summed E-state index contributed by atoms with van der Waals surface area (Å²) in [5.74, 6) is -1.26. The zero-order valence-corrected chi connectivity index (χ0v) is 10.4. The zero-order valence-electron chi connectivity index (χ0n) is 9.68. The molecule has 5 heteroatoms. The summed E-state index contributed by atoms with van der Waals surface area (Å²) in [6.45, 7) is 0. The first kappa shape index (κ1) is 12.4. The number of hydrogen-bond donors (Lipinski definition) is 1. The van der Waals surface area contributed by atoms with Gasteiger partial charge in [-0.25, -0.2) is 0 Å². The molecule has 0 fully saturated rings. The molecule has 0 saturated carbocycles. The number of aromatic nitrogens is 1. The van der Waals surface area contributed by atoms with E-state index in [1.165, 1.54) is 0 Å². The summed E-state index contributed by atoms with van der Waals surface area (Å²) in [5.41, 5.74) is 0.838. The Hall–Kier alpha value is -2.07. The van der Waals surface area contributed by atoms with Crippen molar-refractivity contribution in [2.24, 2.45) is 7.05 Å². The van der Waals surface area contributed by atoms with Gasteiger partial charge in [-0.3, -0.25) is 9.59 Å². The summed E-state index contributed by atoms with van der Waals surface area (Å²) in [5, 5.41) is 3.01. The molecule has 1 amide bonds. The van der Waals surface area contributed by atoms with Gasteiger partial charge in [0, 0.05) is 24.0 Å². The SMILES string of the molecule is Cn1cccc1C(=O)C(=O)Nc1cccc(Cl)c1. The maximum Gasteiger partial charge on any atom is 0.298 e. The molecular weight excluding hydrogens is 252 g/mol. The van der Waals surface area contributed by atoms with Gasteiger partial charge in [0.25, 0.3) is 11.7 Å². The van der Waals surface area contributed by atoms with E-state index in [1.807, 2.05) is 0 Å². The highest BCUT2D eigenvalue weighted by atomic mass is 35.5. The molecule has 4 nitrogen and oxygen atoms in total. The monoisotopic (exact) mass is 262 g/mol. The van der Waals surface area contributed by atoms with Crippen molar-refractivity contribution in [1.29, 1.82) is 0 Å². The molecule has 0 aliphatic heterocycles. The van der Waals surface area contributed by atoms with Crippen molar-refractivity contribution in [3.8, 4) is 0 Å². The van der Waals surface area contributed by atoms with Crippen molar-refractivity contribution in [2.75, 3.05) is 5.32 Å². The van der Waals surface area contributed by atoms with E-state index in [4.69, 9.17) is 11.6 Å². The van der Waals surface area contributed by atoms with Crippen LogP contribution >= 0.6 is 11.6 Å². The Morgan fingerprint density at radius 3 is 2.61 bits per heavy atom.